The molecule has 0 aliphatic carbocycles. The fraction of sp³-hybridized carbons (Fsp3) is 0.515. The molecule has 0 heterocycles. The summed E-state index contributed by atoms with van der Waals surface area (Å²) in [5, 5.41) is 15.3. The molecule has 43 heavy (non-hydrogen) atoms. The minimum Gasteiger partial charge on any atom is -0.458 e. The fourth-order valence-electron chi connectivity index (χ4n) is 4.46. The maximum atomic E-state index is 14.2. The average molecular weight is 598 g/mol. The van der Waals surface area contributed by atoms with Crippen molar-refractivity contribution < 1.29 is 33.8 Å². The summed E-state index contributed by atoms with van der Waals surface area (Å²) < 4.78 is 10.9. The third-order valence-corrected chi connectivity index (χ3v) is 6.52. The number of benzene rings is 2. The quantitative estimate of drug-likeness (QED) is 0.331. The smallest absolute Gasteiger partial charge is 0.408 e. The van der Waals surface area contributed by atoms with Crippen molar-refractivity contribution in [1.82, 2.24) is 15.5 Å². The van der Waals surface area contributed by atoms with Crippen LogP contribution < -0.4 is 10.6 Å². The largest absolute Gasteiger partial charge is 0.458 e. The molecule has 10 nitrogen and oxygen atoms in total. The predicted octanol–water partition coefficient (Wildman–Crippen LogP) is 4.15. The Balaban J connectivity index is 2.54. The second-order valence-electron chi connectivity index (χ2n) is 12.6. The van der Waals surface area contributed by atoms with Crippen molar-refractivity contribution in [3.63, 3.8) is 0 Å². The van der Waals surface area contributed by atoms with Crippen LogP contribution in [0.4, 0.5) is 4.79 Å². The molecular formula is C33H47N3O7. The molecule has 3 amide bonds. The Bertz CT molecular complexity index is 1270. The van der Waals surface area contributed by atoms with Crippen molar-refractivity contribution in [2.24, 2.45) is 0 Å². The molecule has 0 aromatic heterocycles. The van der Waals surface area contributed by atoms with Crippen LogP contribution >= 0.6 is 0 Å². The molecule has 3 N–H and O–H groups in total. The average Bonchev–Trinajstić information content (AvgIpc) is 2.88. The Kier molecular flexibility index (Phi) is 12.3. The van der Waals surface area contributed by atoms with E-state index in [0.29, 0.717) is 5.56 Å². The molecule has 2 aromatic carbocycles. The number of aryl methyl sites for hydroxylation is 1. The lowest BCUT2D eigenvalue weighted by Gasteiger charge is -2.35. The Labute approximate surface area is 255 Å². The third kappa shape index (κ3) is 11.0. The lowest BCUT2D eigenvalue weighted by molar-refractivity contribution is -0.159. The molecule has 0 aliphatic rings. The summed E-state index contributed by atoms with van der Waals surface area (Å²) in [6.07, 6.45) is -0.635. The minimum atomic E-state index is -1.23. The van der Waals surface area contributed by atoms with Crippen molar-refractivity contribution in [1.29, 1.82) is 0 Å². The van der Waals surface area contributed by atoms with Crippen LogP contribution in [0.5, 0.6) is 0 Å². The number of hydrogen-bond acceptors (Lipinski definition) is 7. The van der Waals surface area contributed by atoms with Gasteiger partial charge < -0.3 is 30.1 Å². The Morgan fingerprint density at radius 3 is 2.02 bits per heavy atom. The van der Waals surface area contributed by atoms with E-state index in [2.05, 4.69) is 10.6 Å². The number of esters is 1. The molecule has 3 unspecified atom stereocenters. The van der Waals surface area contributed by atoms with Crippen LogP contribution in [0.25, 0.3) is 0 Å². The summed E-state index contributed by atoms with van der Waals surface area (Å²) in [6, 6.07) is 11.2. The molecule has 0 radical (unpaired) electrons. The van der Waals surface area contributed by atoms with E-state index < -0.39 is 59.8 Å². The normalized spacial score (nSPS) is 13.7. The number of aliphatic hydroxyl groups is 1. The number of aliphatic hydroxyl groups excluding tert-OH is 1. The van der Waals surface area contributed by atoms with Crippen LogP contribution in [0.15, 0.2) is 48.5 Å². The van der Waals surface area contributed by atoms with Crippen LogP contribution in [-0.4, -0.2) is 70.3 Å². The number of alkyl carbamates (subject to hydrolysis) is 1. The SMILES string of the molecule is Cc1cccc(C(C(=O)NC(Cc2ccccc2)C(=O)OC(C)(C)C)N(CCO)C(=O)C(C)NC(=O)OC(C)(C)C)c1C. The molecule has 236 valence electrons. The Morgan fingerprint density at radius 2 is 1.47 bits per heavy atom. The zero-order valence-corrected chi connectivity index (χ0v) is 26.8. The van der Waals surface area contributed by atoms with Gasteiger partial charge in [0.15, 0.2) is 0 Å². The van der Waals surface area contributed by atoms with E-state index in [4.69, 9.17) is 9.47 Å². The van der Waals surface area contributed by atoms with Crippen LogP contribution in [0, 0.1) is 13.8 Å². The molecular weight excluding hydrogens is 550 g/mol. The number of ether oxygens (including phenoxy) is 2. The molecule has 2 rings (SSSR count). The van der Waals surface area contributed by atoms with Crippen LogP contribution in [0.1, 0.15) is 76.8 Å². The summed E-state index contributed by atoms with van der Waals surface area (Å²) >= 11 is 0. The predicted molar refractivity (Wildman–Crippen MR) is 164 cm³/mol. The van der Waals surface area contributed by atoms with Gasteiger partial charge in [0.2, 0.25) is 11.8 Å². The molecule has 0 aliphatic heterocycles. The Hall–Kier alpha value is -3.92. The zero-order chi connectivity index (χ0) is 32.5. The molecule has 0 saturated carbocycles. The van der Waals surface area contributed by atoms with Gasteiger partial charge in [0.25, 0.3) is 0 Å². The first-order valence-electron chi connectivity index (χ1n) is 14.5. The monoisotopic (exact) mass is 597 g/mol. The van der Waals surface area contributed by atoms with Gasteiger partial charge in [0.1, 0.15) is 29.3 Å². The fourth-order valence-corrected chi connectivity index (χ4v) is 4.46. The lowest BCUT2D eigenvalue weighted by atomic mass is 9.94. The van der Waals surface area contributed by atoms with E-state index in [-0.39, 0.29) is 13.0 Å². The van der Waals surface area contributed by atoms with E-state index in [9.17, 15) is 24.3 Å². The first-order valence-corrected chi connectivity index (χ1v) is 14.5. The highest BCUT2D eigenvalue weighted by atomic mass is 16.6. The molecule has 0 spiro atoms. The maximum absolute atomic E-state index is 14.2. The molecule has 3 atom stereocenters. The number of carbonyl (C=O) groups is 4. The van der Waals surface area contributed by atoms with E-state index in [1.807, 2.05) is 50.2 Å². The summed E-state index contributed by atoms with van der Waals surface area (Å²) in [5.74, 6) is -1.87. The van der Waals surface area contributed by atoms with E-state index in [1.54, 1.807) is 53.7 Å². The van der Waals surface area contributed by atoms with Crippen LogP contribution in [0.2, 0.25) is 0 Å². The van der Waals surface area contributed by atoms with Crippen molar-refractivity contribution >= 4 is 23.9 Å². The van der Waals surface area contributed by atoms with E-state index in [0.717, 1.165) is 16.7 Å². The van der Waals surface area contributed by atoms with Crippen molar-refractivity contribution in [3.05, 3.63) is 70.8 Å². The second kappa shape index (κ2) is 15.0. The van der Waals surface area contributed by atoms with Gasteiger partial charge in [-0.15, -0.1) is 0 Å². The van der Waals surface area contributed by atoms with Gasteiger partial charge in [-0.3, -0.25) is 9.59 Å². The van der Waals surface area contributed by atoms with Gasteiger partial charge in [0, 0.05) is 13.0 Å². The highest BCUT2D eigenvalue weighted by molar-refractivity contribution is 5.94. The third-order valence-electron chi connectivity index (χ3n) is 6.52. The number of nitrogens with one attached hydrogen (secondary N) is 2. The molecule has 0 fully saturated rings. The van der Waals surface area contributed by atoms with E-state index in [1.165, 1.54) is 11.8 Å². The van der Waals surface area contributed by atoms with Crippen LogP contribution in [0.3, 0.4) is 0 Å². The molecule has 0 bridgehead atoms. The lowest BCUT2D eigenvalue weighted by Crippen LogP contribution is -2.55. The molecule has 0 saturated heterocycles. The number of rotatable bonds is 11. The Morgan fingerprint density at radius 1 is 0.860 bits per heavy atom. The van der Waals surface area contributed by atoms with Gasteiger partial charge in [-0.25, -0.2) is 9.59 Å². The molecule has 2 aromatic rings. The van der Waals surface area contributed by atoms with Crippen molar-refractivity contribution in [2.45, 2.75) is 98.1 Å². The summed E-state index contributed by atoms with van der Waals surface area (Å²) in [6.45, 7) is 14.9. The van der Waals surface area contributed by atoms with Gasteiger partial charge in [0.05, 0.1) is 6.61 Å². The molecule has 10 heteroatoms. The number of nitrogens with zero attached hydrogens (tertiary/aromatic N) is 1. The minimum absolute atomic E-state index is 0.158. The van der Waals surface area contributed by atoms with Gasteiger partial charge in [-0.2, -0.15) is 0 Å². The number of amides is 3. The van der Waals surface area contributed by atoms with Gasteiger partial charge >= 0.3 is 12.1 Å². The number of hydrogen-bond donors (Lipinski definition) is 3. The summed E-state index contributed by atoms with van der Waals surface area (Å²) in [4.78, 5) is 55.0. The van der Waals surface area contributed by atoms with E-state index >= 15 is 0 Å². The van der Waals surface area contributed by atoms with Gasteiger partial charge in [-0.05, 0) is 84.6 Å². The van der Waals surface area contributed by atoms with Crippen LogP contribution in [-0.2, 0) is 30.3 Å². The topological polar surface area (TPSA) is 134 Å². The highest BCUT2D eigenvalue weighted by Gasteiger charge is 2.38. The summed E-state index contributed by atoms with van der Waals surface area (Å²) in [7, 11) is 0. The van der Waals surface area contributed by atoms with Gasteiger partial charge in [-0.1, -0.05) is 48.5 Å². The van der Waals surface area contributed by atoms with Crippen molar-refractivity contribution in [2.75, 3.05) is 13.2 Å². The highest BCUT2D eigenvalue weighted by Crippen LogP contribution is 2.28. The zero-order valence-electron chi connectivity index (χ0n) is 26.8. The summed E-state index contributed by atoms with van der Waals surface area (Å²) in [5.41, 5.74) is 1.40. The second-order valence-corrected chi connectivity index (χ2v) is 12.6. The van der Waals surface area contributed by atoms with Crippen molar-refractivity contribution in [3.8, 4) is 0 Å². The maximum Gasteiger partial charge on any atom is 0.408 e. The first kappa shape index (κ1) is 35.3. The standard InChI is InChI=1S/C33H47N3O7/c1-21-14-13-17-25(22(21)2)27(36(18-19-37)29(39)23(3)34-31(41)43-33(7,8)9)28(38)35-26(30(40)42-32(4,5)6)20-24-15-11-10-12-16-24/h10-17,23,26-27,37H,18-20H2,1-9H3,(H,34,41)(H,35,38). The number of carbonyl (C=O) groups excluding carboxylic acids is 4. The first-order chi connectivity index (χ1) is 19.9.